The van der Waals surface area contributed by atoms with E-state index < -0.39 is 0 Å². The highest BCUT2D eigenvalue weighted by molar-refractivity contribution is 7.98. The summed E-state index contributed by atoms with van der Waals surface area (Å²) < 4.78 is 4.95. The largest absolute Gasteiger partial charge is 0.340 e. The maximum Gasteiger partial charge on any atom is 0.223 e. The maximum absolute atomic E-state index is 4.95. The van der Waals surface area contributed by atoms with E-state index in [4.69, 9.17) is 4.52 Å². The number of aryl methyl sites for hydroxylation is 1. The van der Waals surface area contributed by atoms with Gasteiger partial charge in [-0.15, -0.1) is 11.8 Å². The molecule has 2 rings (SSSR count). The molecule has 2 aromatic rings. The molecule has 5 heteroatoms. The van der Waals surface area contributed by atoms with E-state index in [0.717, 1.165) is 18.1 Å². The van der Waals surface area contributed by atoms with Crippen LogP contribution in [0.15, 0.2) is 33.7 Å². The Morgan fingerprint density at radius 2 is 2.05 bits per heavy atom. The third kappa shape index (κ3) is 4.08. The van der Waals surface area contributed by atoms with Gasteiger partial charge in [0.15, 0.2) is 5.82 Å². The molecule has 0 amide bonds. The molecule has 0 saturated carbocycles. The number of benzene rings is 1. The average Bonchev–Trinajstić information content (AvgIpc) is 2.83. The van der Waals surface area contributed by atoms with E-state index >= 15 is 0 Å². The van der Waals surface area contributed by atoms with E-state index in [1.807, 2.05) is 0 Å². The van der Waals surface area contributed by atoms with Crippen LogP contribution in [0.25, 0.3) is 0 Å². The van der Waals surface area contributed by atoms with Crippen LogP contribution in [-0.4, -0.2) is 16.7 Å². The van der Waals surface area contributed by atoms with Crippen LogP contribution in [0, 0.1) is 6.92 Å². The van der Waals surface area contributed by atoms with Crippen LogP contribution in [-0.2, 0) is 5.75 Å². The molecule has 1 aromatic carbocycles. The second kappa shape index (κ2) is 6.73. The van der Waals surface area contributed by atoms with Crippen molar-refractivity contribution >= 4 is 11.8 Å². The van der Waals surface area contributed by atoms with Crippen LogP contribution in [0.3, 0.4) is 0 Å². The molecule has 0 aliphatic heterocycles. The molecule has 1 aromatic heterocycles. The Bertz CT molecular complexity index is 510. The van der Waals surface area contributed by atoms with Crippen molar-refractivity contribution in [2.75, 3.05) is 6.54 Å². The summed E-state index contributed by atoms with van der Waals surface area (Å²) in [6.45, 7) is 7.08. The molecule has 1 heterocycles. The van der Waals surface area contributed by atoms with Crippen molar-refractivity contribution in [1.29, 1.82) is 0 Å². The first-order chi connectivity index (χ1) is 9.19. The van der Waals surface area contributed by atoms with E-state index in [0.29, 0.717) is 11.9 Å². The van der Waals surface area contributed by atoms with Crippen molar-refractivity contribution in [3.05, 3.63) is 41.5 Å². The smallest absolute Gasteiger partial charge is 0.223 e. The summed E-state index contributed by atoms with van der Waals surface area (Å²) in [4.78, 5) is 5.40. The normalized spacial score (nSPS) is 12.6. The van der Waals surface area contributed by atoms with Crippen molar-refractivity contribution in [1.82, 2.24) is 15.5 Å². The highest BCUT2D eigenvalue weighted by Crippen LogP contribution is 2.23. The molecule has 0 bridgehead atoms. The summed E-state index contributed by atoms with van der Waals surface area (Å²) in [5, 5.41) is 7.29. The third-order valence-electron chi connectivity index (χ3n) is 2.83. The van der Waals surface area contributed by atoms with Gasteiger partial charge in [0.25, 0.3) is 0 Å². The molecule has 102 valence electrons. The fourth-order valence-electron chi connectivity index (χ4n) is 1.82. The van der Waals surface area contributed by atoms with E-state index in [9.17, 15) is 0 Å². The molecule has 0 saturated heterocycles. The van der Waals surface area contributed by atoms with Gasteiger partial charge in [-0.05, 0) is 31.2 Å². The van der Waals surface area contributed by atoms with Crippen LogP contribution in [0.5, 0.6) is 0 Å². The molecule has 1 unspecified atom stereocenters. The van der Waals surface area contributed by atoms with Gasteiger partial charge in [0.2, 0.25) is 5.89 Å². The zero-order chi connectivity index (χ0) is 13.7. The molecule has 1 N–H and O–H groups in total. The van der Waals surface area contributed by atoms with Crippen molar-refractivity contribution in [2.24, 2.45) is 0 Å². The predicted molar refractivity (Wildman–Crippen MR) is 77.1 cm³/mol. The highest BCUT2D eigenvalue weighted by Gasteiger charge is 2.05. The van der Waals surface area contributed by atoms with Gasteiger partial charge >= 0.3 is 0 Å². The average molecular weight is 277 g/mol. The number of hydrogen-bond donors (Lipinski definition) is 1. The van der Waals surface area contributed by atoms with Gasteiger partial charge in [0.1, 0.15) is 0 Å². The van der Waals surface area contributed by atoms with E-state index in [1.165, 1.54) is 10.5 Å². The molecule has 0 aliphatic rings. The monoisotopic (exact) mass is 277 g/mol. The summed E-state index contributed by atoms with van der Waals surface area (Å²) in [5.74, 6) is 2.09. The van der Waals surface area contributed by atoms with Crippen molar-refractivity contribution in [2.45, 2.75) is 37.5 Å². The number of thioether (sulfide) groups is 1. The lowest BCUT2D eigenvalue weighted by Crippen LogP contribution is -2.17. The number of nitrogens with zero attached hydrogens (tertiary/aromatic N) is 2. The molecular weight excluding hydrogens is 258 g/mol. The van der Waals surface area contributed by atoms with Gasteiger partial charge in [-0.1, -0.05) is 24.2 Å². The van der Waals surface area contributed by atoms with E-state index in [2.05, 4.69) is 53.6 Å². The minimum absolute atomic E-state index is 0.393. The second-order valence-electron chi connectivity index (χ2n) is 4.37. The lowest BCUT2D eigenvalue weighted by molar-refractivity contribution is 0.389. The summed E-state index contributed by atoms with van der Waals surface area (Å²) in [6, 6.07) is 9.00. The first-order valence-electron chi connectivity index (χ1n) is 6.44. The van der Waals surface area contributed by atoms with Gasteiger partial charge in [0.05, 0.1) is 5.75 Å². The Balaban J connectivity index is 1.91. The number of hydrogen-bond acceptors (Lipinski definition) is 5. The van der Waals surface area contributed by atoms with E-state index in [1.54, 1.807) is 18.7 Å². The first-order valence-corrected chi connectivity index (χ1v) is 7.43. The number of nitrogens with one attached hydrogen (secondary N) is 1. The number of aromatic nitrogens is 2. The maximum atomic E-state index is 4.95. The van der Waals surface area contributed by atoms with Crippen LogP contribution in [0.4, 0.5) is 0 Å². The highest BCUT2D eigenvalue weighted by atomic mass is 32.2. The standard InChI is InChI=1S/C14H19N3OS/c1-4-15-10(2)12-5-7-13(8-6-12)19-9-14-16-11(3)18-17-14/h5-8,10,15H,4,9H2,1-3H3. The first kappa shape index (κ1) is 14.1. The second-order valence-corrected chi connectivity index (χ2v) is 5.42. The van der Waals surface area contributed by atoms with Crippen molar-refractivity contribution < 1.29 is 4.52 Å². The SMILES string of the molecule is CCNC(C)c1ccc(SCc2noc(C)n2)cc1. The lowest BCUT2D eigenvalue weighted by atomic mass is 10.1. The van der Waals surface area contributed by atoms with Crippen LogP contribution in [0.2, 0.25) is 0 Å². The Labute approximate surface area is 118 Å². The van der Waals surface area contributed by atoms with Gasteiger partial charge < -0.3 is 9.84 Å². The van der Waals surface area contributed by atoms with Gasteiger partial charge in [0, 0.05) is 17.9 Å². The molecule has 0 fully saturated rings. The Morgan fingerprint density at radius 3 is 2.63 bits per heavy atom. The fourth-order valence-corrected chi connectivity index (χ4v) is 2.57. The molecular formula is C14H19N3OS. The zero-order valence-electron chi connectivity index (χ0n) is 11.5. The summed E-state index contributed by atoms with van der Waals surface area (Å²) in [6.07, 6.45) is 0. The van der Waals surface area contributed by atoms with Crippen LogP contribution >= 0.6 is 11.8 Å². The van der Waals surface area contributed by atoms with E-state index in [-0.39, 0.29) is 0 Å². The minimum atomic E-state index is 0.393. The lowest BCUT2D eigenvalue weighted by Gasteiger charge is -2.12. The van der Waals surface area contributed by atoms with Gasteiger partial charge in [-0.25, -0.2) is 0 Å². The van der Waals surface area contributed by atoms with Crippen molar-refractivity contribution in [3.8, 4) is 0 Å². The number of rotatable bonds is 6. The van der Waals surface area contributed by atoms with Gasteiger partial charge in [-0.2, -0.15) is 4.98 Å². The fraction of sp³-hybridized carbons (Fsp3) is 0.429. The zero-order valence-corrected chi connectivity index (χ0v) is 12.3. The summed E-state index contributed by atoms with van der Waals surface area (Å²) in [5.41, 5.74) is 1.31. The molecule has 0 spiro atoms. The minimum Gasteiger partial charge on any atom is -0.340 e. The van der Waals surface area contributed by atoms with Crippen molar-refractivity contribution in [3.63, 3.8) is 0 Å². The Morgan fingerprint density at radius 1 is 1.32 bits per heavy atom. The molecule has 19 heavy (non-hydrogen) atoms. The Hall–Kier alpha value is -1.33. The summed E-state index contributed by atoms with van der Waals surface area (Å²) >= 11 is 1.72. The Kier molecular flexibility index (Phi) is 4.99. The van der Waals surface area contributed by atoms with Crippen LogP contribution in [0.1, 0.15) is 37.2 Å². The molecule has 0 aliphatic carbocycles. The predicted octanol–water partition coefficient (Wildman–Crippen LogP) is 3.34. The topological polar surface area (TPSA) is 51.0 Å². The molecule has 1 atom stereocenters. The third-order valence-corrected chi connectivity index (χ3v) is 3.84. The quantitative estimate of drug-likeness (QED) is 0.821. The molecule has 4 nitrogen and oxygen atoms in total. The van der Waals surface area contributed by atoms with Crippen LogP contribution < -0.4 is 5.32 Å². The summed E-state index contributed by atoms with van der Waals surface area (Å²) in [7, 11) is 0. The van der Waals surface area contributed by atoms with Gasteiger partial charge in [-0.3, -0.25) is 0 Å². The molecule has 0 radical (unpaired) electrons.